The zero-order valence-electron chi connectivity index (χ0n) is 10.4. The minimum atomic E-state index is -1.01. The maximum absolute atomic E-state index is 11.1. The third kappa shape index (κ3) is 3.42. The third-order valence-corrected chi connectivity index (χ3v) is 2.46. The Morgan fingerprint density at radius 1 is 1.59 bits per heavy atom. The normalized spacial score (nSPS) is 10.6. The number of carbonyl (C=O) groups is 1. The largest absolute Gasteiger partial charge is 0.476 e. The molecule has 0 radical (unpaired) electrons. The van der Waals surface area contributed by atoms with Crippen LogP contribution in [-0.4, -0.2) is 42.4 Å². The number of carboxylic acid groups (broad SMARTS) is 1. The van der Waals surface area contributed by atoms with Gasteiger partial charge in [0.1, 0.15) is 0 Å². The van der Waals surface area contributed by atoms with Crippen LogP contribution in [-0.2, 0) is 4.74 Å². The summed E-state index contributed by atoms with van der Waals surface area (Å²) in [4.78, 5) is 17.0. The molecule has 1 rings (SSSR count). The average Bonchev–Trinajstić information content (AvgIpc) is 2.29. The minimum absolute atomic E-state index is 0.0808. The monoisotopic (exact) mass is 238 g/mol. The first-order valence-electron chi connectivity index (χ1n) is 5.51. The molecule has 0 unspecified atom stereocenters. The van der Waals surface area contributed by atoms with Crippen molar-refractivity contribution < 1.29 is 14.6 Å². The minimum Gasteiger partial charge on any atom is -0.476 e. The lowest BCUT2D eigenvalue weighted by molar-refractivity contribution is 0.0691. The fraction of sp³-hybridized carbons (Fsp3) is 0.500. The number of methoxy groups -OCH3 is 1. The average molecular weight is 238 g/mol. The van der Waals surface area contributed by atoms with Gasteiger partial charge in [-0.1, -0.05) is 0 Å². The second-order valence-corrected chi connectivity index (χ2v) is 3.96. The molecule has 1 aromatic heterocycles. The standard InChI is InChI=1S/C12H18N2O3/c1-9(2)14(7-8-17-3)10-5-4-6-13-11(10)12(15)16/h4-6,9H,7-8H2,1-3H3,(H,15,16). The molecule has 1 N–H and O–H groups in total. The second-order valence-electron chi connectivity index (χ2n) is 3.96. The van der Waals surface area contributed by atoms with Gasteiger partial charge in [0.2, 0.25) is 0 Å². The van der Waals surface area contributed by atoms with Crippen LogP contribution in [0, 0.1) is 0 Å². The fourth-order valence-electron chi connectivity index (χ4n) is 1.64. The number of anilines is 1. The highest BCUT2D eigenvalue weighted by Gasteiger charge is 2.18. The Kier molecular flexibility index (Phi) is 4.90. The van der Waals surface area contributed by atoms with Crippen LogP contribution in [0.3, 0.4) is 0 Å². The number of aromatic nitrogens is 1. The van der Waals surface area contributed by atoms with E-state index in [1.54, 1.807) is 19.2 Å². The first kappa shape index (κ1) is 13.4. The van der Waals surface area contributed by atoms with Gasteiger partial charge < -0.3 is 14.7 Å². The molecule has 94 valence electrons. The quantitative estimate of drug-likeness (QED) is 0.816. The summed E-state index contributed by atoms with van der Waals surface area (Å²) in [6, 6.07) is 3.70. The molecule has 5 heteroatoms. The van der Waals surface area contributed by atoms with E-state index in [9.17, 15) is 4.79 Å². The van der Waals surface area contributed by atoms with Crippen molar-refractivity contribution in [2.45, 2.75) is 19.9 Å². The maximum Gasteiger partial charge on any atom is 0.356 e. The van der Waals surface area contributed by atoms with Crippen LogP contribution >= 0.6 is 0 Å². The van der Waals surface area contributed by atoms with Gasteiger partial charge in [0.05, 0.1) is 12.3 Å². The Hall–Kier alpha value is -1.62. The molecule has 0 aromatic carbocycles. The van der Waals surface area contributed by atoms with Gasteiger partial charge in [-0.25, -0.2) is 9.78 Å². The lowest BCUT2D eigenvalue weighted by atomic mass is 10.2. The molecule has 1 aromatic rings. The lowest BCUT2D eigenvalue weighted by Gasteiger charge is -2.29. The third-order valence-electron chi connectivity index (χ3n) is 2.46. The first-order valence-corrected chi connectivity index (χ1v) is 5.51. The van der Waals surface area contributed by atoms with Crippen molar-refractivity contribution in [3.05, 3.63) is 24.0 Å². The number of aromatic carboxylic acids is 1. The number of nitrogens with zero attached hydrogens (tertiary/aromatic N) is 2. The molecule has 0 aliphatic carbocycles. The summed E-state index contributed by atoms with van der Waals surface area (Å²) in [6.07, 6.45) is 1.49. The molecule has 1 heterocycles. The van der Waals surface area contributed by atoms with Crippen LogP contribution in [0.15, 0.2) is 18.3 Å². The summed E-state index contributed by atoms with van der Waals surface area (Å²) >= 11 is 0. The highest BCUT2D eigenvalue weighted by atomic mass is 16.5. The van der Waals surface area contributed by atoms with Gasteiger partial charge in [-0.15, -0.1) is 0 Å². The van der Waals surface area contributed by atoms with Crippen molar-refractivity contribution in [3.63, 3.8) is 0 Å². The Bertz CT molecular complexity index is 380. The van der Waals surface area contributed by atoms with Gasteiger partial charge in [-0.3, -0.25) is 0 Å². The summed E-state index contributed by atoms with van der Waals surface area (Å²) in [7, 11) is 1.62. The fourth-order valence-corrected chi connectivity index (χ4v) is 1.64. The van der Waals surface area contributed by atoms with Gasteiger partial charge in [0.25, 0.3) is 0 Å². The number of pyridine rings is 1. The smallest absolute Gasteiger partial charge is 0.356 e. The van der Waals surface area contributed by atoms with Crippen molar-refractivity contribution >= 4 is 11.7 Å². The molecule has 0 amide bonds. The number of hydrogen-bond acceptors (Lipinski definition) is 4. The zero-order chi connectivity index (χ0) is 12.8. The molecule has 0 fully saturated rings. The highest BCUT2D eigenvalue weighted by Crippen LogP contribution is 2.20. The molecule has 0 saturated carbocycles. The van der Waals surface area contributed by atoms with Crippen molar-refractivity contribution in [3.8, 4) is 0 Å². The summed E-state index contributed by atoms with van der Waals surface area (Å²) in [5.41, 5.74) is 0.712. The van der Waals surface area contributed by atoms with E-state index < -0.39 is 5.97 Å². The summed E-state index contributed by atoms with van der Waals surface area (Å²) < 4.78 is 5.03. The van der Waals surface area contributed by atoms with Crippen molar-refractivity contribution in [1.29, 1.82) is 0 Å². The van der Waals surface area contributed by atoms with E-state index in [0.717, 1.165) is 0 Å². The lowest BCUT2D eigenvalue weighted by Crippen LogP contribution is -2.35. The van der Waals surface area contributed by atoms with Gasteiger partial charge in [-0.05, 0) is 26.0 Å². The van der Waals surface area contributed by atoms with Crippen molar-refractivity contribution in [2.24, 2.45) is 0 Å². The Morgan fingerprint density at radius 3 is 2.82 bits per heavy atom. The van der Waals surface area contributed by atoms with E-state index in [0.29, 0.717) is 18.8 Å². The molecule has 0 saturated heterocycles. The van der Waals surface area contributed by atoms with E-state index in [1.165, 1.54) is 6.20 Å². The van der Waals surface area contributed by atoms with Gasteiger partial charge in [0.15, 0.2) is 5.69 Å². The molecule has 5 nitrogen and oxygen atoms in total. The summed E-state index contributed by atoms with van der Waals surface area (Å²) in [5.74, 6) is -1.01. The van der Waals surface area contributed by atoms with Crippen LogP contribution in [0.2, 0.25) is 0 Å². The topological polar surface area (TPSA) is 62.7 Å². The zero-order valence-corrected chi connectivity index (χ0v) is 10.4. The predicted octanol–water partition coefficient (Wildman–Crippen LogP) is 1.64. The second kappa shape index (κ2) is 6.20. The van der Waals surface area contributed by atoms with E-state index in [4.69, 9.17) is 9.84 Å². The molecule has 17 heavy (non-hydrogen) atoms. The van der Waals surface area contributed by atoms with E-state index in [-0.39, 0.29) is 11.7 Å². The number of hydrogen-bond donors (Lipinski definition) is 1. The Balaban J connectivity index is 3.04. The first-order chi connectivity index (χ1) is 8.07. The molecule has 0 atom stereocenters. The number of ether oxygens (including phenoxy) is 1. The van der Waals surface area contributed by atoms with E-state index in [1.807, 2.05) is 18.7 Å². The molecular weight excluding hydrogens is 220 g/mol. The van der Waals surface area contributed by atoms with Gasteiger partial charge in [0, 0.05) is 25.9 Å². The summed E-state index contributed by atoms with van der Waals surface area (Å²) in [5, 5.41) is 9.10. The molecule has 0 aliphatic rings. The van der Waals surface area contributed by atoms with Gasteiger partial charge >= 0.3 is 5.97 Å². The van der Waals surface area contributed by atoms with Crippen molar-refractivity contribution in [2.75, 3.05) is 25.2 Å². The summed E-state index contributed by atoms with van der Waals surface area (Å²) in [6.45, 7) is 5.20. The SMILES string of the molecule is COCCN(c1cccnc1C(=O)O)C(C)C. The van der Waals surface area contributed by atoms with E-state index in [2.05, 4.69) is 4.98 Å². The molecule has 0 bridgehead atoms. The molecular formula is C12H18N2O3. The van der Waals surface area contributed by atoms with Crippen molar-refractivity contribution in [1.82, 2.24) is 4.98 Å². The molecule has 0 spiro atoms. The van der Waals surface area contributed by atoms with Gasteiger partial charge in [-0.2, -0.15) is 0 Å². The maximum atomic E-state index is 11.1. The highest BCUT2D eigenvalue weighted by molar-refractivity contribution is 5.92. The number of rotatable bonds is 6. The van der Waals surface area contributed by atoms with Crippen LogP contribution < -0.4 is 4.90 Å². The Labute approximate surface area is 101 Å². The van der Waals surface area contributed by atoms with Crippen LogP contribution in [0.4, 0.5) is 5.69 Å². The number of carboxylic acids is 1. The predicted molar refractivity (Wildman–Crippen MR) is 65.6 cm³/mol. The van der Waals surface area contributed by atoms with Crippen LogP contribution in [0.1, 0.15) is 24.3 Å². The molecule has 0 aliphatic heterocycles. The Morgan fingerprint density at radius 2 is 2.29 bits per heavy atom. The van der Waals surface area contributed by atoms with E-state index >= 15 is 0 Å². The van der Waals surface area contributed by atoms with Crippen LogP contribution in [0.5, 0.6) is 0 Å². The van der Waals surface area contributed by atoms with Crippen LogP contribution in [0.25, 0.3) is 0 Å².